The molecule has 4 heteroatoms. The zero-order valence-corrected chi connectivity index (χ0v) is 12.2. The van der Waals surface area contributed by atoms with Crippen molar-refractivity contribution in [3.8, 4) is 0 Å². The van der Waals surface area contributed by atoms with Crippen molar-refractivity contribution in [2.45, 2.75) is 38.1 Å². The summed E-state index contributed by atoms with van der Waals surface area (Å²) in [6.45, 7) is 3.04. The molecule has 3 nitrogen and oxygen atoms in total. The third-order valence-corrected chi connectivity index (χ3v) is 4.10. The smallest absolute Gasteiger partial charge is 0.141 e. The first-order chi connectivity index (χ1) is 10.3. The second kappa shape index (κ2) is 6.31. The summed E-state index contributed by atoms with van der Waals surface area (Å²) in [5, 5.41) is 3.55. The normalized spacial score (nSPS) is 18.5. The maximum Gasteiger partial charge on any atom is 0.141 e. The van der Waals surface area contributed by atoms with E-state index in [9.17, 15) is 4.39 Å². The molecule has 1 aliphatic carbocycles. The van der Waals surface area contributed by atoms with E-state index in [1.165, 1.54) is 11.8 Å². The SMILES string of the molecule is CCCNC(c1cncc(F)c1)C1CCc2cccnc21. The van der Waals surface area contributed by atoms with Crippen LogP contribution in [0.15, 0.2) is 36.8 Å². The third kappa shape index (κ3) is 2.95. The zero-order valence-electron chi connectivity index (χ0n) is 12.2. The van der Waals surface area contributed by atoms with Gasteiger partial charge in [0.05, 0.1) is 6.20 Å². The number of nitrogens with one attached hydrogen (secondary N) is 1. The van der Waals surface area contributed by atoms with Crippen LogP contribution in [0.3, 0.4) is 0 Å². The molecule has 0 bridgehead atoms. The number of aromatic nitrogens is 2. The van der Waals surface area contributed by atoms with Gasteiger partial charge in [0.15, 0.2) is 0 Å². The number of rotatable bonds is 5. The summed E-state index contributed by atoms with van der Waals surface area (Å²) in [6.07, 6.45) is 7.99. The predicted molar refractivity (Wildman–Crippen MR) is 80.5 cm³/mol. The lowest BCUT2D eigenvalue weighted by Crippen LogP contribution is -2.27. The van der Waals surface area contributed by atoms with Crippen LogP contribution in [0.4, 0.5) is 4.39 Å². The maximum atomic E-state index is 13.5. The molecule has 0 amide bonds. The van der Waals surface area contributed by atoms with Crippen molar-refractivity contribution in [3.05, 3.63) is 59.4 Å². The van der Waals surface area contributed by atoms with E-state index in [0.717, 1.165) is 37.1 Å². The molecular formula is C17H20FN3. The first kappa shape index (κ1) is 14.1. The molecule has 0 radical (unpaired) electrons. The van der Waals surface area contributed by atoms with Crippen LogP contribution in [0.2, 0.25) is 0 Å². The molecule has 2 aromatic heterocycles. The molecule has 21 heavy (non-hydrogen) atoms. The molecule has 3 rings (SSSR count). The molecule has 0 saturated carbocycles. The molecule has 0 spiro atoms. The monoisotopic (exact) mass is 285 g/mol. The van der Waals surface area contributed by atoms with Crippen molar-refractivity contribution >= 4 is 0 Å². The molecule has 0 aliphatic heterocycles. The Morgan fingerprint density at radius 2 is 2.33 bits per heavy atom. The number of nitrogens with zero attached hydrogens (tertiary/aromatic N) is 2. The first-order valence-corrected chi connectivity index (χ1v) is 7.57. The summed E-state index contributed by atoms with van der Waals surface area (Å²) in [6, 6.07) is 5.79. The first-order valence-electron chi connectivity index (χ1n) is 7.57. The van der Waals surface area contributed by atoms with E-state index in [1.54, 1.807) is 12.3 Å². The molecule has 2 atom stereocenters. The van der Waals surface area contributed by atoms with Crippen molar-refractivity contribution in [2.24, 2.45) is 0 Å². The summed E-state index contributed by atoms with van der Waals surface area (Å²) < 4.78 is 13.5. The average Bonchev–Trinajstić information content (AvgIpc) is 2.92. The Morgan fingerprint density at radius 3 is 3.14 bits per heavy atom. The Labute approximate surface area is 124 Å². The van der Waals surface area contributed by atoms with E-state index in [0.29, 0.717) is 0 Å². The van der Waals surface area contributed by atoms with E-state index in [4.69, 9.17) is 0 Å². The van der Waals surface area contributed by atoms with Gasteiger partial charge in [-0.3, -0.25) is 9.97 Å². The fraction of sp³-hybridized carbons (Fsp3) is 0.412. The Bertz CT molecular complexity index is 614. The lowest BCUT2D eigenvalue weighted by Gasteiger charge is -2.25. The minimum absolute atomic E-state index is 0.0734. The summed E-state index contributed by atoms with van der Waals surface area (Å²) in [5.41, 5.74) is 3.37. The molecule has 0 saturated heterocycles. The largest absolute Gasteiger partial charge is 0.309 e. The summed E-state index contributed by atoms with van der Waals surface area (Å²) >= 11 is 0. The van der Waals surface area contributed by atoms with Crippen molar-refractivity contribution in [1.82, 2.24) is 15.3 Å². The lowest BCUT2D eigenvalue weighted by atomic mass is 9.91. The number of halogens is 1. The van der Waals surface area contributed by atoms with Crippen LogP contribution in [-0.2, 0) is 6.42 Å². The topological polar surface area (TPSA) is 37.8 Å². The molecular weight excluding hydrogens is 265 g/mol. The van der Waals surface area contributed by atoms with Crippen LogP contribution in [-0.4, -0.2) is 16.5 Å². The minimum atomic E-state index is -0.282. The van der Waals surface area contributed by atoms with Gasteiger partial charge < -0.3 is 5.32 Å². The van der Waals surface area contributed by atoms with Crippen LogP contribution in [0.5, 0.6) is 0 Å². The van der Waals surface area contributed by atoms with Crippen molar-refractivity contribution in [2.75, 3.05) is 6.54 Å². The van der Waals surface area contributed by atoms with Gasteiger partial charge in [-0.25, -0.2) is 4.39 Å². The minimum Gasteiger partial charge on any atom is -0.309 e. The van der Waals surface area contributed by atoms with Crippen LogP contribution in [0.25, 0.3) is 0 Å². The van der Waals surface area contributed by atoms with Gasteiger partial charge in [-0.15, -0.1) is 0 Å². The highest BCUT2D eigenvalue weighted by atomic mass is 19.1. The van der Waals surface area contributed by atoms with Gasteiger partial charge in [-0.2, -0.15) is 0 Å². The number of aryl methyl sites for hydroxylation is 1. The third-order valence-electron chi connectivity index (χ3n) is 4.10. The summed E-state index contributed by atoms with van der Waals surface area (Å²) in [5.74, 6) is 0.00592. The predicted octanol–water partition coefficient (Wildman–Crippen LogP) is 3.39. The van der Waals surface area contributed by atoms with Crippen LogP contribution >= 0.6 is 0 Å². The summed E-state index contributed by atoms with van der Waals surface area (Å²) in [7, 11) is 0. The average molecular weight is 285 g/mol. The standard InChI is InChI=1S/C17H20FN3/c1-2-7-20-17(13-9-14(18)11-19-10-13)15-6-5-12-4-3-8-21-16(12)15/h3-4,8-11,15,17,20H,2,5-7H2,1H3. The maximum absolute atomic E-state index is 13.5. The number of hydrogen-bond acceptors (Lipinski definition) is 3. The molecule has 1 N–H and O–H groups in total. The Balaban J connectivity index is 1.93. The van der Waals surface area contributed by atoms with E-state index >= 15 is 0 Å². The van der Waals surface area contributed by atoms with Gasteiger partial charge in [0, 0.05) is 30.0 Å². The number of hydrogen-bond donors (Lipinski definition) is 1. The molecule has 1 aliphatic rings. The van der Waals surface area contributed by atoms with E-state index < -0.39 is 0 Å². The summed E-state index contributed by atoms with van der Waals surface area (Å²) in [4.78, 5) is 8.57. The van der Waals surface area contributed by atoms with Crippen molar-refractivity contribution < 1.29 is 4.39 Å². The zero-order chi connectivity index (χ0) is 14.7. The fourth-order valence-corrected chi connectivity index (χ4v) is 3.16. The lowest BCUT2D eigenvalue weighted by molar-refractivity contribution is 0.434. The second-order valence-electron chi connectivity index (χ2n) is 5.56. The van der Waals surface area contributed by atoms with Gasteiger partial charge in [-0.1, -0.05) is 13.0 Å². The van der Waals surface area contributed by atoms with E-state index in [1.807, 2.05) is 12.3 Å². The van der Waals surface area contributed by atoms with Crippen LogP contribution < -0.4 is 5.32 Å². The van der Waals surface area contributed by atoms with Gasteiger partial charge in [0.2, 0.25) is 0 Å². The molecule has 2 aromatic rings. The Hall–Kier alpha value is -1.81. The Morgan fingerprint density at radius 1 is 1.43 bits per heavy atom. The van der Waals surface area contributed by atoms with Crippen molar-refractivity contribution in [1.29, 1.82) is 0 Å². The number of pyridine rings is 2. The molecule has 2 heterocycles. The van der Waals surface area contributed by atoms with E-state index in [2.05, 4.69) is 28.3 Å². The van der Waals surface area contributed by atoms with Crippen molar-refractivity contribution in [3.63, 3.8) is 0 Å². The Kier molecular flexibility index (Phi) is 4.25. The fourth-order valence-electron chi connectivity index (χ4n) is 3.16. The molecule has 0 fully saturated rings. The second-order valence-corrected chi connectivity index (χ2v) is 5.56. The molecule has 110 valence electrons. The molecule has 2 unspecified atom stereocenters. The quantitative estimate of drug-likeness (QED) is 0.915. The highest BCUT2D eigenvalue weighted by Gasteiger charge is 2.31. The van der Waals surface area contributed by atoms with Gasteiger partial charge >= 0.3 is 0 Å². The van der Waals surface area contributed by atoms with Crippen LogP contribution in [0.1, 0.15) is 48.5 Å². The number of fused-ring (bicyclic) bond motifs is 1. The van der Waals surface area contributed by atoms with E-state index in [-0.39, 0.29) is 17.8 Å². The van der Waals surface area contributed by atoms with Gasteiger partial charge in [0.25, 0.3) is 0 Å². The van der Waals surface area contributed by atoms with Gasteiger partial charge in [0.1, 0.15) is 5.82 Å². The van der Waals surface area contributed by atoms with Crippen LogP contribution in [0, 0.1) is 5.82 Å². The highest BCUT2D eigenvalue weighted by molar-refractivity contribution is 5.33. The molecule has 0 aromatic carbocycles. The van der Waals surface area contributed by atoms with Gasteiger partial charge in [-0.05, 0) is 49.1 Å². The highest BCUT2D eigenvalue weighted by Crippen LogP contribution is 2.40.